The maximum Gasteiger partial charge on any atom is 0.239 e. The third-order valence-electron chi connectivity index (χ3n) is 3.67. The summed E-state index contributed by atoms with van der Waals surface area (Å²) >= 11 is 5.84. The molecule has 2 rings (SSSR count). The molecule has 0 atom stereocenters. The van der Waals surface area contributed by atoms with Gasteiger partial charge in [0, 0.05) is 11.6 Å². The van der Waals surface area contributed by atoms with Gasteiger partial charge in [-0.15, -0.1) is 0 Å². The van der Waals surface area contributed by atoms with Crippen LogP contribution in [0.4, 0.5) is 5.69 Å². The molecule has 0 aliphatic carbocycles. The number of carbonyl (C=O) groups excluding carboxylic acids is 1. The van der Waals surface area contributed by atoms with Gasteiger partial charge in [-0.3, -0.25) is 4.79 Å². The molecule has 0 radical (unpaired) electrons. The lowest BCUT2D eigenvalue weighted by Crippen LogP contribution is -2.38. The highest BCUT2D eigenvalue weighted by atomic mass is 35.5. The van der Waals surface area contributed by atoms with Crippen LogP contribution in [0.3, 0.4) is 0 Å². The monoisotopic (exact) mass is 391 g/mol. The Balaban J connectivity index is 2.04. The predicted molar refractivity (Wildman–Crippen MR) is 101 cm³/mol. The summed E-state index contributed by atoms with van der Waals surface area (Å²) in [6.45, 7) is -0.167. The molecule has 0 heterocycles. The smallest absolute Gasteiger partial charge is 0.239 e. The Hall–Kier alpha value is -2.40. The van der Waals surface area contributed by atoms with Gasteiger partial charge in [-0.2, -0.15) is 9.57 Å². The Bertz CT molecular complexity index is 921. The Morgan fingerprint density at radius 1 is 1.19 bits per heavy atom. The van der Waals surface area contributed by atoms with Gasteiger partial charge in [0.05, 0.1) is 24.1 Å². The van der Waals surface area contributed by atoms with Crippen molar-refractivity contribution < 1.29 is 13.2 Å². The predicted octanol–water partition coefficient (Wildman–Crippen LogP) is 2.65. The molecule has 0 aliphatic rings. The molecule has 0 saturated carbocycles. The fourth-order valence-electron chi connectivity index (χ4n) is 2.31. The minimum absolute atomic E-state index is 0.160. The maximum atomic E-state index is 12.2. The van der Waals surface area contributed by atoms with Crippen molar-refractivity contribution in [2.45, 2.75) is 6.42 Å². The number of carbonyl (C=O) groups is 1. The second kappa shape index (κ2) is 8.81. The minimum atomic E-state index is -3.56. The molecule has 8 heteroatoms. The van der Waals surface area contributed by atoms with E-state index < -0.39 is 15.9 Å². The van der Waals surface area contributed by atoms with E-state index in [1.54, 1.807) is 36.4 Å². The third-order valence-corrected chi connectivity index (χ3v) is 5.18. The molecular formula is C18H18ClN3O3S. The number of hydrogen-bond donors (Lipinski definition) is 1. The van der Waals surface area contributed by atoms with Crippen LogP contribution in [0.15, 0.2) is 48.5 Å². The fourth-order valence-corrected chi connectivity index (χ4v) is 3.21. The second-order valence-electron chi connectivity index (χ2n) is 5.68. The van der Waals surface area contributed by atoms with Gasteiger partial charge in [-0.1, -0.05) is 35.9 Å². The quantitative estimate of drug-likeness (QED) is 0.785. The van der Waals surface area contributed by atoms with Crippen LogP contribution in [0.1, 0.15) is 11.1 Å². The summed E-state index contributed by atoms with van der Waals surface area (Å²) in [7, 11) is -3.56. The standard InChI is InChI=1S/C18H18ClN3O3S/c1-26(24,25)22(11-10-14-6-8-16(19)9-7-14)13-18(23)21-17-5-3-2-4-15(17)12-20/h2-9H,10-11,13H2,1H3,(H,21,23). The van der Waals surface area contributed by atoms with Crippen molar-refractivity contribution in [3.63, 3.8) is 0 Å². The van der Waals surface area contributed by atoms with Crippen molar-refractivity contribution in [1.82, 2.24) is 4.31 Å². The molecule has 1 N–H and O–H groups in total. The van der Waals surface area contributed by atoms with Crippen LogP contribution < -0.4 is 5.32 Å². The molecule has 0 aromatic heterocycles. The number of nitrogens with one attached hydrogen (secondary N) is 1. The SMILES string of the molecule is CS(=O)(=O)N(CCc1ccc(Cl)cc1)CC(=O)Nc1ccccc1C#N. The molecule has 2 aromatic carbocycles. The van der Waals surface area contributed by atoms with Gasteiger partial charge in [0.15, 0.2) is 0 Å². The van der Waals surface area contributed by atoms with Gasteiger partial charge in [-0.05, 0) is 36.2 Å². The van der Waals surface area contributed by atoms with Gasteiger partial charge in [0.1, 0.15) is 6.07 Å². The first-order chi connectivity index (χ1) is 12.3. The number of nitrogens with zero attached hydrogens (tertiary/aromatic N) is 2. The van der Waals surface area contributed by atoms with Crippen LogP contribution >= 0.6 is 11.6 Å². The number of hydrogen-bond acceptors (Lipinski definition) is 4. The summed E-state index contributed by atoms with van der Waals surface area (Å²) in [6, 6.07) is 15.6. The van der Waals surface area contributed by atoms with E-state index in [4.69, 9.17) is 16.9 Å². The lowest BCUT2D eigenvalue weighted by atomic mass is 10.1. The topological polar surface area (TPSA) is 90.3 Å². The lowest BCUT2D eigenvalue weighted by molar-refractivity contribution is -0.116. The zero-order chi connectivity index (χ0) is 19.2. The van der Waals surface area contributed by atoms with Crippen molar-refractivity contribution in [2.75, 3.05) is 24.7 Å². The first-order valence-corrected chi connectivity index (χ1v) is 10.0. The number of para-hydroxylation sites is 1. The average Bonchev–Trinajstić information content (AvgIpc) is 2.59. The van der Waals surface area contributed by atoms with Crippen LogP contribution in [-0.4, -0.2) is 38.0 Å². The molecule has 6 nitrogen and oxygen atoms in total. The highest BCUT2D eigenvalue weighted by molar-refractivity contribution is 7.88. The van der Waals surface area contributed by atoms with Crippen molar-refractivity contribution in [3.8, 4) is 6.07 Å². The molecule has 0 aliphatic heterocycles. The molecule has 0 bridgehead atoms. The van der Waals surface area contributed by atoms with Crippen molar-refractivity contribution in [2.24, 2.45) is 0 Å². The summed E-state index contributed by atoms with van der Waals surface area (Å²) < 4.78 is 25.1. The number of rotatable bonds is 7. The Labute approximate surface area is 158 Å². The van der Waals surface area contributed by atoms with Crippen LogP contribution in [-0.2, 0) is 21.2 Å². The summed E-state index contributed by atoms with van der Waals surface area (Å²) in [5, 5.41) is 12.2. The van der Waals surface area contributed by atoms with Crippen molar-refractivity contribution in [3.05, 3.63) is 64.7 Å². The Kier molecular flexibility index (Phi) is 6.75. The third kappa shape index (κ3) is 5.85. The number of anilines is 1. The van der Waals surface area contributed by atoms with Gasteiger partial charge in [0.2, 0.25) is 15.9 Å². The lowest BCUT2D eigenvalue weighted by Gasteiger charge is -2.19. The zero-order valence-corrected chi connectivity index (χ0v) is 15.7. The molecule has 0 fully saturated rings. The first kappa shape index (κ1) is 19.9. The number of benzene rings is 2. The molecular weight excluding hydrogens is 374 g/mol. The Morgan fingerprint density at radius 2 is 1.85 bits per heavy atom. The van der Waals surface area contributed by atoms with Crippen LogP contribution in [0.2, 0.25) is 5.02 Å². The summed E-state index contributed by atoms with van der Waals surface area (Å²) in [5.74, 6) is -0.505. The average molecular weight is 392 g/mol. The minimum Gasteiger partial charge on any atom is -0.324 e. The zero-order valence-electron chi connectivity index (χ0n) is 14.1. The van der Waals surface area contributed by atoms with Gasteiger partial charge in [0.25, 0.3) is 0 Å². The number of halogens is 1. The molecule has 1 amide bonds. The largest absolute Gasteiger partial charge is 0.324 e. The summed E-state index contributed by atoms with van der Waals surface area (Å²) in [6.07, 6.45) is 1.51. The molecule has 0 unspecified atom stereocenters. The first-order valence-electron chi connectivity index (χ1n) is 7.78. The van der Waals surface area contributed by atoms with E-state index in [1.807, 2.05) is 18.2 Å². The normalized spacial score (nSPS) is 11.2. The molecule has 2 aromatic rings. The van der Waals surface area contributed by atoms with Crippen LogP contribution in [0.5, 0.6) is 0 Å². The second-order valence-corrected chi connectivity index (χ2v) is 8.10. The fraction of sp³-hybridized carbons (Fsp3) is 0.222. The van der Waals surface area contributed by atoms with Gasteiger partial charge >= 0.3 is 0 Å². The highest BCUT2D eigenvalue weighted by Gasteiger charge is 2.20. The van der Waals surface area contributed by atoms with E-state index in [0.717, 1.165) is 16.1 Å². The van der Waals surface area contributed by atoms with E-state index in [2.05, 4.69) is 5.32 Å². The van der Waals surface area contributed by atoms with Gasteiger partial charge < -0.3 is 5.32 Å². The molecule has 0 saturated heterocycles. The van der Waals surface area contributed by atoms with E-state index in [1.165, 1.54) is 0 Å². The summed E-state index contributed by atoms with van der Waals surface area (Å²) in [4.78, 5) is 12.2. The molecule has 136 valence electrons. The van der Waals surface area contributed by atoms with Crippen LogP contribution in [0, 0.1) is 11.3 Å². The number of nitriles is 1. The highest BCUT2D eigenvalue weighted by Crippen LogP contribution is 2.14. The van der Waals surface area contributed by atoms with Crippen molar-refractivity contribution in [1.29, 1.82) is 5.26 Å². The summed E-state index contributed by atoms with van der Waals surface area (Å²) in [5.41, 5.74) is 1.58. The number of sulfonamides is 1. The maximum absolute atomic E-state index is 12.2. The molecule has 26 heavy (non-hydrogen) atoms. The van der Waals surface area contributed by atoms with E-state index >= 15 is 0 Å². The Morgan fingerprint density at radius 3 is 2.46 bits per heavy atom. The van der Waals surface area contributed by atoms with Gasteiger partial charge in [-0.25, -0.2) is 8.42 Å². The van der Waals surface area contributed by atoms with E-state index in [0.29, 0.717) is 22.7 Å². The van der Waals surface area contributed by atoms with E-state index in [9.17, 15) is 13.2 Å². The molecule has 0 spiro atoms. The van der Waals surface area contributed by atoms with Crippen LogP contribution in [0.25, 0.3) is 0 Å². The van der Waals surface area contributed by atoms with E-state index in [-0.39, 0.29) is 13.1 Å². The number of amides is 1. The van der Waals surface area contributed by atoms with Crippen molar-refractivity contribution >= 4 is 33.2 Å².